The van der Waals surface area contributed by atoms with E-state index < -0.39 is 41.4 Å². The standard InChI is InChI=1S/C34H33F3N6O3/c1-5-42-32-26(19-38-43(32)24-14-7-6-8-15-24)28(25-16-9-10-17-27(25)39-30(44)21(2)20-41(3)4)29(33(42)46)40-31(45)22-12-11-13-23(18-22)34(35,36)37/h6-19,28-29H,2,5,20H2,1,3-4H3,(H,39,44)(H,40,45). The van der Waals surface area contributed by atoms with Crippen LogP contribution >= 0.6 is 0 Å². The minimum atomic E-state index is -4.66. The van der Waals surface area contributed by atoms with Crippen molar-refractivity contribution in [2.75, 3.05) is 37.4 Å². The van der Waals surface area contributed by atoms with Crippen molar-refractivity contribution < 1.29 is 27.6 Å². The highest BCUT2D eigenvalue weighted by atomic mass is 19.4. The van der Waals surface area contributed by atoms with Crippen LogP contribution in [0.15, 0.2) is 97.2 Å². The van der Waals surface area contributed by atoms with Gasteiger partial charge in [0.15, 0.2) is 0 Å². The van der Waals surface area contributed by atoms with Gasteiger partial charge in [-0.25, -0.2) is 4.68 Å². The lowest BCUT2D eigenvalue weighted by Crippen LogP contribution is -2.55. The molecule has 1 aliphatic heterocycles. The van der Waals surface area contributed by atoms with E-state index in [1.54, 1.807) is 47.0 Å². The van der Waals surface area contributed by atoms with Gasteiger partial charge < -0.3 is 15.5 Å². The number of hydrogen-bond donors (Lipinski definition) is 2. The van der Waals surface area contributed by atoms with E-state index in [9.17, 15) is 27.6 Å². The fourth-order valence-electron chi connectivity index (χ4n) is 5.60. The molecule has 5 rings (SSSR count). The number of aromatic nitrogens is 2. The Morgan fingerprint density at radius 1 is 0.978 bits per heavy atom. The fraction of sp³-hybridized carbons (Fsp3) is 0.235. The first-order chi connectivity index (χ1) is 21.9. The number of fused-ring (bicyclic) bond motifs is 1. The first-order valence-electron chi connectivity index (χ1n) is 14.6. The fourth-order valence-corrected chi connectivity index (χ4v) is 5.60. The van der Waals surface area contributed by atoms with Gasteiger partial charge in [-0.15, -0.1) is 0 Å². The Balaban J connectivity index is 1.64. The van der Waals surface area contributed by atoms with Gasteiger partial charge in [0.05, 0.1) is 17.4 Å². The third kappa shape index (κ3) is 6.43. The number of alkyl halides is 3. The van der Waals surface area contributed by atoms with Gasteiger partial charge in [0.1, 0.15) is 11.9 Å². The van der Waals surface area contributed by atoms with Gasteiger partial charge in [0.25, 0.3) is 17.7 Å². The molecule has 4 aromatic rings. The number of nitrogens with zero attached hydrogens (tertiary/aromatic N) is 4. The summed E-state index contributed by atoms with van der Waals surface area (Å²) in [6.07, 6.45) is -3.05. The molecule has 2 unspecified atom stereocenters. The molecule has 238 valence electrons. The van der Waals surface area contributed by atoms with Crippen LogP contribution in [-0.4, -0.2) is 65.6 Å². The molecule has 2 heterocycles. The maximum atomic E-state index is 14.3. The molecule has 3 aromatic carbocycles. The molecule has 0 bridgehead atoms. The zero-order valence-electron chi connectivity index (χ0n) is 25.5. The summed E-state index contributed by atoms with van der Waals surface area (Å²) in [5.74, 6) is -2.17. The zero-order valence-corrected chi connectivity index (χ0v) is 25.5. The number of carbonyl (C=O) groups is 3. The number of para-hydroxylation sites is 2. The van der Waals surface area contributed by atoms with Crippen LogP contribution in [0.3, 0.4) is 0 Å². The van der Waals surface area contributed by atoms with Gasteiger partial charge in [0.2, 0.25) is 0 Å². The summed E-state index contributed by atoms with van der Waals surface area (Å²) in [6, 6.07) is 18.9. The number of rotatable bonds is 9. The van der Waals surface area contributed by atoms with Crippen LogP contribution in [0.2, 0.25) is 0 Å². The van der Waals surface area contributed by atoms with Gasteiger partial charge in [-0.1, -0.05) is 49.0 Å². The number of benzene rings is 3. The van der Waals surface area contributed by atoms with Crippen LogP contribution < -0.4 is 15.5 Å². The summed E-state index contributed by atoms with van der Waals surface area (Å²) in [7, 11) is 3.62. The minimum absolute atomic E-state index is 0.218. The number of halogens is 3. The molecule has 0 radical (unpaired) electrons. The predicted molar refractivity (Wildman–Crippen MR) is 169 cm³/mol. The smallest absolute Gasteiger partial charge is 0.339 e. The molecule has 12 heteroatoms. The maximum Gasteiger partial charge on any atom is 0.416 e. The highest BCUT2D eigenvalue weighted by molar-refractivity contribution is 6.07. The van der Waals surface area contributed by atoms with E-state index in [2.05, 4.69) is 22.3 Å². The summed E-state index contributed by atoms with van der Waals surface area (Å²) in [4.78, 5) is 44.3. The van der Waals surface area contributed by atoms with Crippen molar-refractivity contribution >= 4 is 29.2 Å². The summed E-state index contributed by atoms with van der Waals surface area (Å²) in [5, 5.41) is 10.2. The highest BCUT2D eigenvalue weighted by Gasteiger charge is 2.45. The summed E-state index contributed by atoms with van der Waals surface area (Å²) >= 11 is 0. The number of hydrogen-bond acceptors (Lipinski definition) is 5. The second-order valence-corrected chi connectivity index (χ2v) is 11.1. The van der Waals surface area contributed by atoms with Gasteiger partial charge in [-0.3, -0.25) is 19.3 Å². The van der Waals surface area contributed by atoms with Crippen molar-refractivity contribution in [3.8, 4) is 5.69 Å². The molecule has 2 atom stereocenters. The molecule has 9 nitrogen and oxygen atoms in total. The molecule has 3 amide bonds. The largest absolute Gasteiger partial charge is 0.416 e. The predicted octanol–water partition coefficient (Wildman–Crippen LogP) is 5.24. The third-order valence-corrected chi connectivity index (χ3v) is 7.66. The van der Waals surface area contributed by atoms with Crippen molar-refractivity contribution in [2.24, 2.45) is 0 Å². The lowest BCUT2D eigenvalue weighted by molar-refractivity contribution is -0.137. The molecule has 0 fully saturated rings. The van der Waals surface area contributed by atoms with Crippen molar-refractivity contribution in [3.05, 3.63) is 119 Å². The van der Waals surface area contributed by atoms with Crippen LogP contribution in [0, 0.1) is 0 Å². The Morgan fingerprint density at radius 3 is 2.35 bits per heavy atom. The van der Waals surface area contributed by atoms with Crippen LogP contribution in [0.5, 0.6) is 0 Å². The van der Waals surface area contributed by atoms with Crippen molar-refractivity contribution in [1.82, 2.24) is 20.0 Å². The van der Waals surface area contributed by atoms with Crippen LogP contribution in [0.1, 0.15) is 39.9 Å². The van der Waals surface area contributed by atoms with Crippen LogP contribution in [0.4, 0.5) is 24.7 Å². The Bertz CT molecular complexity index is 1780. The SMILES string of the molecule is C=C(CN(C)C)C(=O)Nc1ccccc1C1c2cnn(-c3ccccc3)c2N(CC)C(=O)C1NC(=O)c1cccc(C(F)(F)F)c1. The average Bonchev–Trinajstić information content (AvgIpc) is 3.46. The van der Waals surface area contributed by atoms with E-state index in [1.165, 1.54) is 11.0 Å². The van der Waals surface area contributed by atoms with Crippen molar-refractivity contribution in [1.29, 1.82) is 0 Å². The highest BCUT2D eigenvalue weighted by Crippen LogP contribution is 2.43. The summed E-state index contributed by atoms with van der Waals surface area (Å²) in [6.45, 7) is 6.19. The number of anilines is 2. The molecule has 0 aliphatic carbocycles. The van der Waals surface area contributed by atoms with Crippen LogP contribution in [0.25, 0.3) is 5.69 Å². The first kappa shape index (κ1) is 32.2. The molecule has 0 spiro atoms. The van der Waals surface area contributed by atoms with Crippen molar-refractivity contribution in [2.45, 2.75) is 25.1 Å². The van der Waals surface area contributed by atoms with E-state index in [0.29, 0.717) is 40.4 Å². The monoisotopic (exact) mass is 630 g/mol. The summed E-state index contributed by atoms with van der Waals surface area (Å²) < 4.78 is 42.0. The van der Waals surface area contributed by atoms with Crippen molar-refractivity contribution in [3.63, 3.8) is 0 Å². The molecule has 46 heavy (non-hydrogen) atoms. The van der Waals surface area contributed by atoms with Gasteiger partial charge >= 0.3 is 6.18 Å². The molecule has 1 aromatic heterocycles. The van der Waals surface area contributed by atoms with Gasteiger partial charge in [-0.2, -0.15) is 18.3 Å². The molecule has 2 N–H and O–H groups in total. The number of carbonyl (C=O) groups excluding carboxylic acids is 3. The third-order valence-electron chi connectivity index (χ3n) is 7.66. The summed E-state index contributed by atoms with van der Waals surface area (Å²) in [5.41, 5.74) is 1.22. The molecule has 0 saturated carbocycles. The maximum absolute atomic E-state index is 14.3. The van der Waals surface area contributed by atoms with Crippen LogP contribution in [-0.2, 0) is 15.8 Å². The lowest BCUT2D eigenvalue weighted by atomic mass is 9.81. The second kappa shape index (κ2) is 13.0. The Labute approximate surface area is 264 Å². The molecular formula is C34H33F3N6O3. The minimum Gasteiger partial charge on any atom is -0.339 e. The Morgan fingerprint density at radius 2 is 1.67 bits per heavy atom. The van der Waals surface area contributed by atoms with Gasteiger partial charge in [-0.05, 0) is 63.0 Å². The van der Waals surface area contributed by atoms with E-state index in [4.69, 9.17) is 0 Å². The van der Waals surface area contributed by atoms with E-state index in [0.717, 1.165) is 18.2 Å². The normalized spacial score (nSPS) is 16.2. The topological polar surface area (TPSA) is 99.6 Å². The number of likely N-dealkylation sites (N-methyl/N-ethyl adjacent to an activating group) is 2. The molecule has 0 saturated heterocycles. The second-order valence-electron chi connectivity index (χ2n) is 11.1. The van der Waals surface area contributed by atoms with E-state index >= 15 is 0 Å². The zero-order chi connectivity index (χ0) is 33.2. The van der Waals surface area contributed by atoms with Gasteiger partial charge in [0, 0.05) is 41.4 Å². The Kier molecular flexibility index (Phi) is 9.10. The number of nitrogens with one attached hydrogen (secondary N) is 2. The molecule has 1 aliphatic rings. The average molecular weight is 631 g/mol. The molecular weight excluding hydrogens is 597 g/mol. The first-order valence-corrected chi connectivity index (χ1v) is 14.6. The lowest BCUT2D eigenvalue weighted by Gasteiger charge is -2.38. The van der Waals surface area contributed by atoms with E-state index in [1.807, 2.05) is 44.4 Å². The van der Waals surface area contributed by atoms with E-state index in [-0.39, 0.29) is 12.1 Å². The number of amides is 3. The Hall–Kier alpha value is -5.23. The quantitative estimate of drug-likeness (QED) is 0.247.